The summed E-state index contributed by atoms with van der Waals surface area (Å²) < 4.78 is 49.3. The van der Waals surface area contributed by atoms with Gasteiger partial charge in [0.15, 0.2) is 17.3 Å². The van der Waals surface area contributed by atoms with Crippen molar-refractivity contribution in [1.82, 2.24) is 0 Å². The molecule has 1 aliphatic rings. The average molecular weight is 629 g/mol. The summed E-state index contributed by atoms with van der Waals surface area (Å²) in [7, 11) is 2.53. The second kappa shape index (κ2) is 14.6. The molecule has 4 aromatic carbocycles. The van der Waals surface area contributed by atoms with E-state index in [0.717, 1.165) is 27.8 Å². The minimum absolute atomic E-state index is 0.0263. The van der Waals surface area contributed by atoms with E-state index in [1.54, 1.807) is 40.6 Å². The molecule has 234 valence electrons. The van der Waals surface area contributed by atoms with Crippen molar-refractivity contribution in [3.63, 3.8) is 0 Å². The first-order chi connectivity index (χ1) is 21.9. The van der Waals surface area contributed by atoms with E-state index in [2.05, 4.69) is 0 Å². The molecule has 0 spiro atoms. The van der Waals surface area contributed by atoms with E-state index in [1.807, 2.05) is 78.9 Å². The number of ether oxygens (including phenoxy) is 4. The quantitative estimate of drug-likeness (QED) is 0.139. The van der Waals surface area contributed by atoms with Crippen LogP contribution < -0.4 is 18.9 Å². The molecule has 0 saturated heterocycles. The first kappa shape index (κ1) is 32.0. The topological polar surface area (TPSA) is 89.5 Å². The molecular formula is C36H37O8P. The van der Waals surface area contributed by atoms with Crippen molar-refractivity contribution in [2.75, 3.05) is 28.4 Å². The molecule has 45 heavy (non-hydrogen) atoms. The monoisotopic (exact) mass is 628 g/mol. The normalized spacial score (nSPS) is 13.0. The van der Waals surface area contributed by atoms with Gasteiger partial charge in [0.25, 0.3) is 0 Å². The standard InChI is InChI=1S/C36H37O8P/c1-39-33-18-15-27(31-20-29(37)16-17-30-32(31)21-34(40-2)36(42-4)35(30)41-3)19-28(33)24-45(38,43-22-25-11-7-5-8-12-25)44-23-26-13-9-6-10-14-26/h5-15,18-21H,16-17,22-24H2,1-4H3. The van der Waals surface area contributed by atoms with Crippen LogP contribution in [0.15, 0.2) is 91.0 Å². The Labute approximate surface area is 264 Å². The predicted molar refractivity (Wildman–Crippen MR) is 173 cm³/mol. The molecule has 0 atom stereocenters. The molecule has 1 aliphatic carbocycles. The van der Waals surface area contributed by atoms with Crippen LogP contribution in [-0.2, 0) is 44.2 Å². The van der Waals surface area contributed by atoms with E-state index in [4.69, 9.17) is 28.0 Å². The Bertz CT molecular complexity index is 1670. The lowest BCUT2D eigenvalue weighted by Crippen LogP contribution is -2.04. The summed E-state index contributed by atoms with van der Waals surface area (Å²) in [6.07, 6.45) is 2.37. The number of carbonyl (C=O) groups excluding carboxylic acids is 1. The number of ketones is 1. The highest BCUT2D eigenvalue weighted by atomic mass is 31.2. The summed E-state index contributed by atoms with van der Waals surface area (Å²) in [6, 6.07) is 26.5. The van der Waals surface area contributed by atoms with Crippen LogP contribution in [0.1, 0.15) is 39.8 Å². The van der Waals surface area contributed by atoms with Crippen LogP contribution >= 0.6 is 7.60 Å². The molecule has 4 aromatic rings. The molecule has 0 bridgehead atoms. The van der Waals surface area contributed by atoms with E-state index in [9.17, 15) is 9.36 Å². The lowest BCUT2D eigenvalue weighted by molar-refractivity contribution is -0.114. The smallest absolute Gasteiger partial charge is 0.335 e. The molecule has 0 radical (unpaired) electrons. The summed E-state index contributed by atoms with van der Waals surface area (Å²) in [5.74, 6) is 1.97. The SMILES string of the molecule is COc1ccc(C2=CC(=O)CCc3c2cc(OC)c(OC)c3OC)cc1CP(=O)(OCc1ccccc1)OCc1ccccc1. The lowest BCUT2D eigenvalue weighted by Gasteiger charge is -2.22. The fraction of sp³-hybridized carbons (Fsp3) is 0.250. The summed E-state index contributed by atoms with van der Waals surface area (Å²) in [5, 5.41) is 0. The number of hydrogen-bond acceptors (Lipinski definition) is 8. The first-order valence-electron chi connectivity index (χ1n) is 14.6. The Hall–Kier alpha value is -4.36. The van der Waals surface area contributed by atoms with Crippen molar-refractivity contribution in [3.8, 4) is 23.0 Å². The maximum Gasteiger partial charge on any atom is 0.335 e. The summed E-state index contributed by atoms with van der Waals surface area (Å²) in [4.78, 5) is 13.0. The third-order valence-corrected chi connectivity index (χ3v) is 9.42. The maximum atomic E-state index is 14.4. The molecule has 0 saturated carbocycles. The number of benzene rings is 4. The summed E-state index contributed by atoms with van der Waals surface area (Å²) in [6.45, 7) is 0.229. The lowest BCUT2D eigenvalue weighted by atomic mass is 9.91. The second-order valence-electron chi connectivity index (χ2n) is 10.5. The van der Waals surface area contributed by atoms with Crippen LogP contribution in [-0.4, -0.2) is 34.2 Å². The van der Waals surface area contributed by atoms with Crippen LogP contribution in [0.25, 0.3) is 5.57 Å². The van der Waals surface area contributed by atoms with Crippen LogP contribution in [0.4, 0.5) is 0 Å². The van der Waals surface area contributed by atoms with Gasteiger partial charge < -0.3 is 28.0 Å². The fourth-order valence-corrected chi connectivity index (χ4v) is 7.02. The molecule has 0 aliphatic heterocycles. The largest absolute Gasteiger partial charge is 0.496 e. The average Bonchev–Trinajstić information content (AvgIpc) is 3.24. The molecule has 0 aromatic heterocycles. The van der Waals surface area contributed by atoms with Gasteiger partial charge in [-0.15, -0.1) is 0 Å². The Morgan fingerprint density at radius 3 is 1.82 bits per heavy atom. The molecule has 0 N–H and O–H groups in total. The van der Waals surface area contributed by atoms with Crippen LogP contribution in [0.3, 0.4) is 0 Å². The number of hydrogen-bond donors (Lipinski definition) is 0. The van der Waals surface area contributed by atoms with Gasteiger partial charge in [0.1, 0.15) is 5.75 Å². The van der Waals surface area contributed by atoms with Crippen molar-refractivity contribution < 1.29 is 37.4 Å². The van der Waals surface area contributed by atoms with Crippen molar-refractivity contribution in [1.29, 1.82) is 0 Å². The van der Waals surface area contributed by atoms with Gasteiger partial charge >= 0.3 is 7.60 Å². The third kappa shape index (κ3) is 7.48. The van der Waals surface area contributed by atoms with E-state index >= 15 is 0 Å². The Balaban J connectivity index is 1.55. The molecule has 8 nitrogen and oxygen atoms in total. The van der Waals surface area contributed by atoms with Gasteiger partial charge in [0.05, 0.1) is 47.8 Å². The van der Waals surface area contributed by atoms with Gasteiger partial charge in [-0.2, -0.15) is 0 Å². The number of fused-ring (bicyclic) bond motifs is 1. The second-order valence-corrected chi connectivity index (χ2v) is 12.6. The number of rotatable bonds is 13. The highest BCUT2D eigenvalue weighted by molar-refractivity contribution is 7.53. The van der Waals surface area contributed by atoms with Crippen molar-refractivity contribution >= 4 is 19.0 Å². The predicted octanol–water partition coefficient (Wildman–Crippen LogP) is 7.79. The molecule has 0 heterocycles. The number of methoxy groups -OCH3 is 4. The number of carbonyl (C=O) groups is 1. The first-order valence-corrected chi connectivity index (χ1v) is 16.3. The zero-order valence-corrected chi connectivity index (χ0v) is 26.8. The van der Waals surface area contributed by atoms with E-state index in [0.29, 0.717) is 47.0 Å². The van der Waals surface area contributed by atoms with Gasteiger partial charge in [0.2, 0.25) is 5.75 Å². The van der Waals surface area contributed by atoms with Crippen LogP contribution in [0.5, 0.6) is 23.0 Å². The molecule has 9 heteroatoms. The van der Waals surface area contributed by atoms with Crippen LogP contribution in [0, 0.1) is 0 Å². The van der Waals surface area contributed by atoms with Gasteiger partial charge in [-0.25, -0.2) is 0 Å². The Morgan fingerprint density at radius 1 is 0.667 bits per heavy atom. The van der Waals surface area contributed by atoms with Crippen LogP contribution in [0.2, 0.25) is 0 Å². The van der Waals surface area contributed by atoms with Crippen molar-refractivity contribution in [2.24, 2.45) is 0 Å². The molecule has 5 rings (SSSR count). The third-order valence-electron chi connectivity index (χ3n) is 7.65. The van der Waals surface area contributed by atoms with E-state index < -0.39 is 7.60 Å². The van der Waals surface area contributed by atoms with E-state index in [-0.39, 0.29) is 25.2 Å². The van der Waals surface area contributed by atoms with Gasteiger partial charge in [0, 0.05) is 17.5 Å². The summed E-state index contributed by atoms with van der Waals surface area (Å²) in [5.41, 5.74) is 5.40. The maximum absolute atomic E-state index is 14.4. The highest BCUT2D eigenvalue weighted by Gasteiger charge is 2.30. The molecule has 0 amide bonds. The Kier molecular flexibility index (Phi) is 10.4. The van der Waals surface area contributed by atoms with Gasteiger partial charge in [-0.05, 0) is 58.5 Å². The molecular weight excluding hydrogens is 591 g/mol. The summed E-state index contributed by atoms with van der Waals surface area (Å²) >= 11 is 0. The Morgan fingerprint density at radius 2 is 1.27 bits per heavy atom. The zero-order chi connectivity index (χ0) is 31.8. The number of allylic oxidation sites excluding steroid dienone is 1. The van der Waals surface area contributed by atoms with Crippen molar-refractivity contribution in [3.05, 3.63) is 124 Å². The van der Waals surface area contributed by atoms with E-state index in [1.165, 1.54) is 0 Å². The van der Waals surface area contributed by atoms with Crippen molar-refractivity contribution in [2.45, 2.75) is 32.2 Å². The highest BCUT2D eigenvalue weighted by Crippen LogP contribution is 2.54. The van der Waals surface area contributed by atoms with Gasteiger partial charge in [-0.1, -0.05) is 66.7 Å². The van der Waals surface area contributed by atoms with Gasteiger partial charge in [-0.3, -0.25) is 9.36 Å². The fourth-order valence-electron chi connectivity index (χ4n) is 5.40. The minimum Gasteiger partial charge on any atom is -0.496 e. The molecule has 0 unspecified atom stereocenters. The minimum atomic E-state index is -3.72. The molecule has 0 fully saturated rings. The zero-order valence-electron chi connectivity index (χ0n) is 25.9.